The zero-order valence-corrected chi connectivity index (χ0v) is 8.36. The lowest BCUT2D eigenvalue weighted by molar-refractivity contribution is 0.0651. The second-order valence-electron chi connectivity index (χ2n) is 3.64. The largest absolute Gasteiger partial charge is 0.478 e. The molecule has 4 N–H and O–H groups in total. The molecule has 0 atom stereocenters. The first kappa shape index (κ1) is 10.4. The van der Waals surface area contributed by atoms with Gasteiger partial charge in [0.05, 0.1) is 5.56 Å². The number of nitrogen functional groups attached to an aromatic ring is 1. The molecule has 0 aromatic carbocycles. The zero-order valence-electron chi connectivity index (χ0n) is 8.36. The van der Waals surface area contributed by atoms with Crippen LogP contribution >= 0.6 is 0 Å². The highest BCUT2D eigenvalue weighted by molar-refractivity contribution is 6.06. The minimum atomic E-state index is -1.35. The van der Waals surface area contributed by atoms with Crippen molar-refractivity contribution in [2.45, 2.75) is 19.3 Å². The van der Waals surface area contributed by atoms with Gasteiger partial charge >= 0.3 is 11.9 Å². The van der Waals surface area contributed by atoms with Gasteiger partial charge in [-0.15, -0.1) is 0 Å². The summed E-state index contributed by atoms with van der Waals surface area (Å²) in [5, 5.41) is 18.0. The maximum atomic E-state index is 11.1. The number of aryl methyl sites for hydroxylation is 1. The molecule has 1 aromatic heterocycles. The number of aromatic carboxylic acids is 2. The Balaban J connectivity index is 2.79. The van der Waals surface area contributed by atoms with Crippen molar-refractivity contribution in [1.29, 1.82) is 0 Å². The van der Waals surface area contributed by atoms with Gasteiger partial charge in [-0.2, -0.15) is 0 Å². The number of rotatable bonds is 2. The summed E-state index contributed by atoms with van der Waals surface area (Å²) in [6, 6.07) is 0. The van der Waals surface area contributed by atoms with E-state index in [4.69, 9.17) is 15.9 Å². The first-order valence-corrected chi connectivity index (χ1v) is 4.80. The predicted molar refractivity (Wildman–Crippen MR) is 54.6 cm³/mol. The van der Waals surface area contributed by atoms with Crippen LogP contribution in [0.15, 0.2) is 0 Å². The van der Waals surface area contributed by atoms with Crippen LogP contribution in [0.4, 0.5) is 5.82 Å². The van der Waals surface area contributed by atoms with Crippen LogP contribution in [-0.4, -0.2) is 27.1 Å². The maximum absolute atomic E-state index is 11.1. The smallest absolute Gasteiger partial charge is 0.340 e. The normalized spacial score (nSPS) is 13.5. The molecule has 0 amide bonds. The van der Waals surface area contributed by atoms with E-state index in [9.17, 15) is 9.59 Å². The van der Waals surface area contributed by atoms with E-state index in [0.29, 0.717) is 24.1 Å². The summed E-state index contributed by atoms with van der Waals surface area (Å²) in [6.45, 7) is 0. The lowest BCUT2D eigenvalue weighted by Crippen LogP contribution is -2.16. The molecule has 0 fully saturated rings. The van der Waals surface area contributed by atoms with Crippen molar-refractivity contribution < 1.29 is 19.8 Å². The second-order valence-corrected chi connectivity index (χ2v) is 3.64. The van der Waals surface area contributed by atoms with Crippen LogP contribution in [0.25, 0.3) is 0 Å². The van der Waals surface area contributed by atoms with Gasteiger partial charge in [-0.3, -0.25) is 0 Å². The number of carboxylic acid groups (broad SMARTS) is 2. The fraction of sp³-hybridized carbons (Fsp3) is 0.300. The molecule has 0 spiro atoms. The van der Waals surface area contributed by atoms with Gasteiger partial charge in [0.1, 0.15) is 11.4 Å². The zero-order chi connectivity index (χ0) is 11.9. The lowest BCUT2D eigenvalue weighted by atomic mass is 10.0. The molecule has 16 heavy (non-hydrogen) atoms. The molecule has 6 heteroatoms. The average molecular weight is 222 g/mol. The molecule has 0 bridgehead atoms. The summed E-state index contributed by atoms with van der Waals surface area (Å²) in [5.74, 6) is -2.83. The summed E-state index contributed by atoms with van der Waals surface area (Å²) in [5.41, 5.74) is 6.01. The molecule has 1 aliphatic carbocycles. The summed E-state index contributed by atoms with van der Waals surface area (Å²) in [6.07, 6.45) is 1.98. The van der Waals surface area contributed by atoms with Gasteiger partial charge in [0.25, 0.3) is 0 Å². The van der Waals surface area contributed by atoms with Gasteiger partial charge in [-0.25, -0.2) is 14.6 Å². The number of aromatic nitrogens is 1. The van der Waals surface area contributed by atoms with Crippen molar-refractivity contribution in [1.82, 2.24) is 4.98 Å². The van der Waals surface area contributed by atoms with E-state index in [1.54, 1.807) is 0 Å². The number of hydrogen-bond acceptors (Lipinski definition) is 4. The predicted octanol–water partition coefficient (Wildman–Crippen LogP) is 0.549. The summed E-state index contributed by atoms with van der Waals surface area (Å²) >= 11 is 0. The fourth-order valence-electron chi connectivity index (χ4n) is 2.05. The Bertz CT molecular complexity index is 496. The molecule has 0 radical (unpaired) electrons. The third-order valence-electron chi connectivity index (χ3n) is 2.68. The number of pyridine rings is 1. The van der Waals surface area contributed by atoms with Crippen LogP contribution in [0.1, 0.15) is 38.4 Å². The number of fused-ring (bicyclic) bond motifs is 1. The third kappa shape index (κ3) is 1.39. The second kappa shape index (κ2) is 3.48. The molecular weight excluding hydrogens is 212 g/mol. The van der Waals surface area contributed by atoms with Crippen LogP contribution in [0.5, 0.6) is 0 Å². The van der Waals surface area contributed by atoms with Gasteiger partial charge < -0.3 is 15.9 Å². The van der Waals surface area contributed by atoms with Gasteiger partial charge in [0.2, 0.25) is 0 Å². The Labute approximate surface area is 90.7 Å². The minimum Gasteiger partial charge on any atom is -0.478 e. The monoisotopic (exact) mass is 222 g/mol. The topological polar surface area (TPSA) is 114 Å². The molecular formula is C10H10N2O4. The Kier molecular flexibility index (Phi) is 2.26. The molecule has 0 saturated carbocycles. The average Bonchev–Trinajstić information content (AvgIpc) is 2.61. The molecule has 84 valence electrons. The summed E-state index contributed by atoms with van der Waals surface area (Å²) < 4.78 is 0. The van der Waals surface area contributed by atoms with Crippen LogP contribution in [0.3, 0.4) is 0 Å². The number of hydrogen-bond donors (Lipinski definition) is 3. The number of nitrogens with zero attached hydrogens (tertiary/aromatic N) is 1. The van der Waals surface area contributed by atoms with Gasteiger partial charge in [-0.05, 0) is 24.8 Å². The van der Waals surface area contributed by atoms with Gasteiger partial charge in [0, 0.05) is 5.69 Å². The molecule has 6 nitrogen and oxygen atoms in total. The summed E-state index contributed by atoms with van der Waals surface area (Å²) in [4.78, 5) is 26.0. The van der Waals surface area contributed by atoms with E-state index in [-0.39, 0.29) is 11.4 Å². The van der Waals surface area contributed by atoms with E-state index in [1.807, 2.05) is 0 Å². The van der Waals surface area contributed by atoms with Crippen molar-refractivity contribution in [2.75, 3.05) is 5.73 Å². The van der Waals surface area contributed by atoms with Crippen molar-refractivity contribution in [2.24, 2.45) is 0 Å². The lowest BCUT2D eigenvalue weighted by Gasteiger charge is -2.09. The highest BCUT2D eigenvalue weighted by atomic mass is 16.4. The molecule has 1 heterocycles. The highest BCUT2D eigenvalue weighted by Crippen LogP contribution is 2.29. The minimum absolute atomic E-state index is 0.201. The quantitative estimate of drug-likeness (QED) is 0.673. The third-order valence-corrected chi connectivity index (χ3v) is 2.68. The van der Waals surface area contributed by atoms with E-state index in [2.05, 4.69) is 4.98 Å². The Morgan fingerprint density at radius 2 is 1.75 bits per heavy atom. The fourth-order valence-corrected chi connectivity index (χ4v) is 2.05. The van der Waals surface area contributed by atoms with E-state index in [0.717, 1.165) is 6.42 Å². The summed E-state index contributed by atoms with van der Waals surface area (Å²) in [7, 11) is 0. The van der Waals surface area contributed by atoms with Crippen LogP contribution in [0, 0.1) is 0 Å². The standard InChI is InChI=1S/C10H10N2O4/c11-8-7(10(15)16)6(9(13)14)4-2-1-3-5(4)12-8/h1-3H2,(H2,11,12)(H,13,14)(H,15,16). The Hall–Kier alpha value is -2.11. The molecule has 0 saturated heterocycles. The SMILES string of the molecule is Nc1nc2c(c(C(=O)O)c1C(=O)O)CCC2. The van der Waals surface area contributed by atoms with E-state index >= 15 is 0 Å². The Morgan fingerprint density at radius 1 is 1.12 bits per heavy atom. The van der Waals surface area contributed by atoms with Gasteiger partial charge in [0.15, 0.2) is 0 Å². The number of carboxylic acids is 2. The molecule has 0 aliphatic heterocycles. The highest BCUT2D eigenvalue weighted by Gasteiger charge is 2.29. The Morgan fingerprint density at radius 3 is 2.31 bits per heavy atom. The van der Waals surface area contributed by atoms with Crippen molar-refractivity contribution >= 4 is 17.8 Å². The molecule has 1 aliphatic rings. The molecule has 2 rings (SSSR count). The van der Waals surface area contributed by atoms with E-state index in [1.165, 1.54) is 0 Å². The van der Waals surface area contributed by atoms with Crippen LogP contribution in [-0.2, 0) is 12.8 Å². The number of nitrogens with two attached hydrogens (primary N) is 1. The molecule has 1 aromatic rings. The van der Waals surface area contributed by atoms with Crippen LogP contribution < -0.4 is 5.73 Å². The van der Waals surface area contributed by atoms with Gasteiger partial charge in [-0.1, -0.05) is 0 Å². The number of carbonyl (C=O) groups is 2. The molecule has 0 unspecified atom stereocenters. The number of anilines is 1. The first-order valence-electron chi connectivity index (χ1n) is 4.80. The maximum Gasteiger partial charge on any atom is 0.340 e. The van der Waals surface area contributed by atoms with Crippen LogP contribution in [0.2, 0.25) is 0 Å². The first-order chi connectivity index (χ1) is 7.52. The van der Waals surface area contributed by atoms with Crippen molar-refractivity contribution in [3.05, 3.63) is 22.4 Å². The van der Waals surface area contributed by atoms with E-state index < -0.39 is 17.5 Å². The van der Waals surface area contributed by atoms with Crippen molar-refractivity contribution in [3.8, 4) is 0 Å². The van der Waals surface area contributed by atoms with Crippen molar-refractivity contribution in [3.63, 3.8) is 0 Å².